The number of rotatable bonds is 4. The number of nitrogens with two attached hydrogens (primary N) is 1. The summed E-state index contributed by atoms with van der Waals surface area (Å²) in [6.07, 6.45) is 0.433. The maximum atomic E-state index is 11.0. The molecule has 4 N–H and O–H groups in total. The van der Waals surface area contributed by atoms with Gasteiger partial charge in [0.2, 0.25) is 0 Å². The zero-order chi connectivity index (χ0) is 11.4. The molecule has 0 aliphatic rings. The standard InChI is InChI=1S/C7H13N5O2S/c1-4(3-5(8)11-14)15-7-10-9-6(13)12(7)2/h4,14H,3H2,1-2H3,(H2,8,11)(H,9,13). The molecule has 1 aromatic heterocycles. The van der Waals surface area contributed by atoms with Gasteiger partial charge in [0.15, 0.2) is 5.16 Å². The average molecular weight is 231 g/mol. The lowest BCUT2D eigenvalue weighted by molar-refractivity contribution is 0.317. The highest BCUT2D eigenvalue weighted by molar-refractivity contribution is 7.99. The second kappa shape index (κ2) is 4.87. The Morgan fingerprint density at radius 3 is 3.00 bits per heavy atom. The van der Waals surface area contributed by atoms with Gasteiger partial charge in [0.25, 0.3) is 0 Å². The van der Waals surface area contributed by atoms with E-state index in [9.17, 15) is 4.79 Å². The third-order valence-corrected chi connectivity index (χ3v) is 2.92. The number of hydrogen-bond donors (Lipinski definition) is 3. The van der Waals surface area contributed by atoms with Crippen molar-refractivity contribution in [2.75, 3.05) is 0 Å². The van der Waals surface area contributed by atoms with Gasteiger partial charge >= 0.3 is 5.69 Å². The van der Waals surface area contributed by atoms with Gasteiger partial charge in [-0.1, -0.05) is 23.8 Å². The van der Waals surface area contributed by atoms with E-state index in [0.29, 0.717) is 11.6 Å². The number of thioether (sulfide) groups is 1. The number of hydrogen-bond acceptors (Lipinski definition) is 5. The fourth-order valence-corrected chi connectivity index (χ4v) is 1.95. The normalized spacial score (nSPS) is 14.1. The predicted octanol–water partition coefficient (Wildman–Crippen LogP) is -0.275. The van der Waals surface area contributed by atoms with Crippen molar-refractivity contribution in [1.29, 1.82) is 0 Å². The Morgan fingerprint density at radius 2 is 2.53 bits per heavy atom. The lowest BCUT2D eigenvalue weighted by Crippen LogP contribution is -2.17. The minimum Gasteiger partial charge on any atom is -0.409 e. The van der Waals surface area contributed by atoms with Crippen LogP contribution in [0.2, 0.25) is 0 Å². The summed E-state index contributed by atoms with van der Waals surface area (Å²) in [4.78, 5) is 11.0. The molecule has 1 atom stereocenters. The van der Waals surface area contributed by atoms with Crippen LogP contribution < -0.4 is 11.4 Å². The number of amidine groups is 1. The highest BCUT2D eigenvalue weighted by atomic mass is 32.2. The summed E-state index contributed by atoms with van der Waals surface area (Å²) < 4.78 is 1.41. The van der Waals surface area contributed by atoms with Crippen molar-refractivity contribution in [3.63, 3.8) is 0 Å². The monoisotopic (exact) mass is 231 g/mol. The fourth-order valence-electron chi connectivity index (χ4n) is 0.995. The van der Waals surface area contributed by atoms with Crippen LogP contribution in [0.25, 0.3) is 0 Å². The first kappa shape index (κ1) is 11.6. The van der Waals surface area contributed by atoms with Crippen molar-refractivity contribution in [2.45, 2.75) is 23.8 Å². The average Bonchev–Trinajstić information content (AvgIpc) is 2.49. The summed E-state index contributed by atoms with van der Waals surface area (Å²) in [7, 11) is 1.63. The lowest BCUT2D eigenvalue weighted by Gasteiger charge is -2.08. The molecule has 1 aromatic rings. The molecule has 1 unspecified atom stereocenters. The van der Waals surface area contributed by atoms with Gasteiger partial charge in [-0.25, -0.2) is 9.89 Å². The minimum atomic E-state index is -0.256. The van der Waals surface area contributed by atoms with E-state index in [-0.39, 0.29) is 16.8 Å². The van der Waals surface area contributed by atoms with Gasteiger partial charge in [-0.3, -0.25) is 4.57 Å². The van der Waals surface area contributed by atoms with Crippen molar-refractivity contribution in [1.82, 2.24) is 14.8 Å². The molecule has 0 saturated carbocycles. The molecule has 1 rings (SSSR count). The fraction of sp³-hybridized carbons (Fsp3) is 0.571. The van der Waals surface area contributed by atoms with E-state index in [1.165, 1.54) is 16.3 Å². The first-order valence-electron chi connectivity index (χ1n) is 4.29. The molecule has 0 spiro atoms. The lowest BCUT2D eigenvalue weighted by atomic mass is 10.3. The van der Waals surface area contributed by atoms with Gasteiger partial charge in [0.1, 0.15) is 5.84 Å². The Balaban J connectivity index is 2.63. The van der Waals surface area contributed by atoms with Crippen molar-refractivity contribution < 1.29 is 5.21 Å². The molecule has 0 aromatic carbocycles. The maximum Gasteiger partial charge on any atom is 0.343 e. The van der Waals surface area contributed by atoms with Crippen molar-refractivity contribution in [3.05, 3.63) is 10.5 Å². The van der Waals surface area contributed by atoms with Crippen LogP contribution in [-0.2, 0) is 7.05 Å². The number of aromatic nitrogens is 3. The van der Waals surface area contributed by atoms with Crippen LogP contribution in [0.4, 0.5) is 0 Å². The van der Waals surface area contributed by atoms with Gasteiger partial charge in [-0.15, -0.1) is 5.10 Å². The molecule has 0 fully saturated rings. The molecule has 1 heterocycles. The van der Waals surface area contributed by atoms with Crippen molar-refractivity contribution in [2.24, 2.45) is 17.9 Å². The quantitative estimate of drug-likeness (QED) is 0.217. The maximum absolute atomic E-state index is 11.0. The second-order valence-corrected chi connectivity index (χ2v) is 4.50. The summed E-state index contributed by atoms with van der Waals surface area (Å²) in [5.74, 6) is 0.163. The van der Waals surface area contributed by atoms with Crippen LogP contribution >= 0.6 is 11.8 Å². The number of nitrogens with zero attached hydrogens (tertiary/aromatic N) is 3. The molecular weight excluding hydrogens is 218 g/mol. The summed E-state index contributed by atoms with van der Waals surface area (Å²) in [6.45, 7) is 1.90. The highest BCUT2D eigenvalue weighted by Crippen LogP contribution is 2.21. The van der Waals surface area contributed by atoms with Crippen LogP contribution in [0, 0.1) is 0 Å². The number of nitrogens with one attached hydrogen (secondary N) is 1. The molecule has 0 amide bonds. The molecule has 8 heteroatoms. The Labute approximate surface area is 90.4 Å². The molecule has 7 nitrogen and oxygen atoms in total. The third kappa shape index (κ3) is 3.01. The summed E-state index contributed by atoms with van der Waals surface area (Å²) >= 11 is 1.38. The van der Waals surface area contributed by atoms with E-state index in [1.807, 2.05) is 6.92 Å². The Morgan fingerprint density at radius 1 is 1.87 bits per heavy atom. The van der Waals surface area contributed by atoms with Crippen LogP contribution in [0.1, 0.15) is 13.3 Å². The smallest absolute Gasteiger partial charge is 0.343 e. The highest BCUT2D eigenvalue weighted by Gasteiger charge is 2.11. The zero-order valence-electron chi connectivity index (χ0n) is 8.47. The first-order chi connectivity index (χ1) is 7.04. The number of aromatic amines is 1. The Kier molecular flexibility index (Phi) is 3.78. The summed E-state index contributed by atoms with van der Waals surface area (Å²) in [5.41, 5.74) is 5.10. The number of H-pyrrole nitrogens is 1. The van der Waals surface area contributed by atoms with Crippen LogP contribution in [0.5, 0.6) is 0 Å². The third-order valence-electron chi connectivity index (χ3n) is 1.77. The summed E-state index contributed by atoms with van der Waals surface area (Å²) in [6, 6.07) is 0. The van der Waals surface area contributed by atoms with Gasteiger partial charge < -0.3 is 10.9 Å². The largest absolute Gasteiger partial charge is 0.409 e. The first-order valence-corrected chi connectivity index (χ1v) is 5.17. The van der Waals surface area contributed by atoms with Gasteiger partial charge in [-0.05, 0) is 0 Å². The van der Waals surface area contributed by atoms with E-state index in [0.717, 1.165) is 0 Å². The molecule has 0 radical (unpaired) electrons. The van der Waals surface area contributed by atoms with E-state index >= 15 is 0 Å². The van der Waals surface area contributed by atoms with Crippen molar-refractivity contribution in [3.8, 4) is 0 Å². The topological polar surface area (TPSA) is 109 Å². The van der Waals surface area contributed by atoms with Crippen LogP contribution in [-0.4, -0.2) is 31.1 Å². The molecule has 0 bridgehead atoms. The molecule has 84 valence electrons. The van der Waals surface area contributed by atoms with Crippen LogP contribution in [0.3, 0.4) is 0 Å². The Bertz CT molecular complexity index is 410. The molecule has 0 aliphatic heterocycles. The van der Waals surface area contributed by atoms with E-state index < -0.39 is 0 Å². The SMILES string of the molecule is CC(CC(N)=NO)Sc1n[nH]c(=O)n1C. The molecular formula is C7H13N5O2S. The van der Waals surface area contributed by atoms with Gasteiger partial charge in [0, 0.05) is 18.7 Å². The van der Waals surface area contributed by atoms with Crippen LogP contribution in [0.15, 0.2) is 15.1 Å². The van der Waals surface area contributed by atoms with Gasteiger partial charge in [0.05, 0.1) is 0 Å². The molecule has 0 aliphatic carbocycles. The predicted molar refractivity (Wildman–Crippen MR) is 57.2 cm³/mol. The van der Waals surface area contributed by atoms with Gasteiger partial charge in [-0.2, -0.15) is 0 Å². The molecule has 0 saturated heterocycles. The van der Waals surface area contributed by atoms with E-state index in [1.54, 1.807) is 7.05 Å². The minimum absolute atomic E-state index is 0.0785. The summed E-state index contributed by atoms with van der Waals surface area (Å²) in [5, 5.41) is 18.1. The van der Waals surface area contributed by atoms with E-state index in [2.05, 4.69) is 15.4 Å². The Hall–Kier alpha value is -1.44. The second-order valence-electron chi connectivity index (χ2n) is 3.09. The zero-order valence-corrected chi connectivity index (χ0v) is 9.28. The number of oxime groups is 1. The van der Waals surface area contributed by atoms with Crippen molar-refractivity contribution >= 4 is 17.6 Å². The molecule has 15 heavy (non-hydrogen) atoms. The van der Waals surface area contributed by atoms with E-state index in [4.69, 9.17) is 10.9 Å².